The number of benzene rings is 2. The van der Waals surface area contributed by atoms with E-state index in [-0.39, 0.29) is 12.4 Å². The van der Waals surface area contributed by atoms with Crippen LogP contribution in [0.4, 0.5) is 4.39 Å². The molecule has 0 fully saturated rings. The van der Waals surface area contributed by atoms with Crippen LogP contribution < -0.4 is 20.1 Å². The zero-order valence-corrected chi connectivity index (χ0v) is 15.3. The standard InChI is InChI=1S/C19H24ClFN2O2/c1-22-9-4-10-23-12-14-7-8-18(19(11-14)24-2)25-13-15-16(20)5-3-6-17(15)21/h3,5-8,11,22-23H,4,9-10,12-13H2,1-2H3. The highest BCUT2D eigenvalue weighted by molar-refractivity contribution is 6.31. The second-order valence-corrected chi connectivity index (χ2v) is 6.02. The molecule has 0 atom stereocenters. The van der Waals surface area contributed by atoms with Gasteiger partial charge in [-0.2, -0.15) is 0 Å². The van der Waals surface area contributed by atoms with E-state index < -0.39 is 0 Å². The number of halogens is 2. The lowest BCUT2D eigenvalue weighted by atomic mass is 10.2. The third-order valence-electron chi connectivity index (χ3n) is 3.77. The zero-order chi connectivity index (χ0) is 18.1. The molecule has 136 valence electrons. The molecule has 0 saturated heterocycles. The van der Waals surface area contributed by atoms with Crippen LogP contribution in [0.1, 0.15) is 17.5 Å². The van der Waals surface area contributed by atoms with Crippen LogP contribution in [0.2, 0.25) is 5.02 Å². The summed E-state index contributed by atoms with van der Waals surface area (Å²) in [6.07, 6.45) is 1.07. The summed E-state index contributed by atoms with van der Waals surface area (Å²) in [4.78, 5) is 0. The maximum Gasteiger partial charge on any atom is 0.161 e. The van der Waals surface area contributed by atoms with E-state index in [1.54, 1.807) is 19.2 Å². The van der Waals surface area contributed by atoms with Crippen LogP contribution >= 0.6 is 11.6 Å². The third-order valence-corrected chi connectivity index (χ3v) is 4.13. The van der Waals surface area contributed by atoms with Gasteiger partial charge in [-0.05, 0) is 56.4 Å². The molecule has 0 amide bonds. The molecule has 0 heterocycles. The highest BCUT2D eigenvalue weighted by Crippen LogP contribution is 2.30. The van der Waals surface area contributed by atoms with Crippen LogP contribution in [0, 0.1) is 5.82 Å². The third kappa shape index (κ3) is 5.88. The predicted octanol–water partition coefficient (Wildman–Crippen LogP) is 3.77. The Labute approximate surface area is 153 Å². The average molecular weight is 367 g/mol. The van der Waals surface area contributed by atoms with Crippen molar-refractivity contribution < 1.29 is 13.9 Å². The molecule has 2 aromatic carbocycles. The molecule has 2 rings (SSSR count). The molecule has 0 aliphatic heterocycles. The SMILES string of the molecule is CNCCCNCc1ccc(OCc2c(F)cccc2Cl)c(OC)c1. The van der Waals surface area contributed by atoms with Crippen molar-refractivity contribution in [2.75, 3.05) is 27.2 Å². The van der Waals surface area contributed by atoms with Crippen molar-refractivity contribution in [3.05, 3.63) is 58.4 Å². The van der Waals surface area contributed by atoms with E-state index in [0.717, 1.165) is 31.6 Å². The Kier molecular flexibility index (Phi) is 7.98. The number of nitrogens with one attached hydrogen (secondary N) is 2. The minimum absolute atomic E-state index is 0.0451. The Morgan fingerprint density at radius 3 is 2.68 bits per heavy atom. The van der Waals surface area contributed by atoms with Gasteiger partial charge in [0.1, 0.15) is 12.4 Å². The summed E-state index contributed by atoms with van der Waals surface area (Å²) in [6.45, 7) is 2.72. The molecular formula is C19H24ClFN2O2. The molecule has 25 heavy (non-hydrogen) atoms. The fraction of sp³-hybridized carbons (Fsp3) is 0.368. The monoisotopic (exact) mass is 366 g/mol. The van der Waals surface area contributed by atoms with Crippen molar-refractivity contribution in [3.8, 4) is 11.5 Å². The Balaban J connectivity index is 1.97. The normalized spacial score (nSPS) is 10.7. The van der Waals surface area contributed by atoms with Gasteiger partial charge in [0.2, 0.25) is 0 Å². The molecule has 4 nitrogen and oxygen atoms in total. The molecule has 0 aromatic heterocycles. The summed E-state index contributed by atoms with van der Waals surface area (Å²) in [5.74, 6) is 0.789. The van der Waals surface area contributed by atoms with Gasteiger partial charge in [0.05, 0.1) is 12.1 Å². The van der Waals surface area contributed by atoms with Crippen LogP contribution in [0.25, 0.3) is 0 Å². The highest BCUT2D eigenvalue weighted by atomic mass is 35.5. The Morgan fingerprint density at radius 1 is 1.12 bits per heavy atom. The van der Waals surface area contributed by atoms with E-state index in [1.807, 2.05) is 25.2 Å². The van der Waals surface area contributed by atoms with Gasteiger partial charge in [-0.3, -0.25) is 0 Å². The molecule has 0 saturated carbocycles. The van der Waals surface area contributed by atoms with Gasteiger partial charge in [-0.25, -0.2) is 4.39 Å². The topological polar surface area (TPSA) is 42.5 Å². The van der Waals surface area contributed by atoms with Crippen molar-refractivity contribution in [1.29, 1.82) is 0 Å². The lowest BCUT2D eigenvalue weighted by Gasteiger charge is -2.13. The molecule has 0 aliphatic carbocycles. The van der Waals surface area contributed by atoms with E-state index in [1.165, 1.54) is 6.07 Å². The summed E-state index contributed by atoms with van der Waals surface area (Å²) < 4.78 is 24.9. The maximum atomic E-state index is 13.8. The van der Waals surface area contributed by atoms with Gasteiger partial charge >= 0.3 is 0 Å². The van der Waals surface area contributed by atoms with E-state index in [0.29, 0.717) is 22.1 Å². The van der Waals surface area contributed by atoms with Gasteiger partial charge in [0, 0.05) is 12.1 Å². The smallest absolute Gasteiger partial charge is 0.161 e. The van der Waals surface area contributed by atoms with Crippen LogP contribution in [-0.4, -0.2) is 27.2 Å². The number of ether oxygens (including phenoxy) is 2. The van der Waals surface area contributed by atoms with Crippen molar-refractivity contribution in [3.63, 3.8) is 0 Å². The van der Waals surface area contributed by atoms with E-state index in [9.17, 15) is 4.39 Å². The number of hydrogen-bond acceptors (Lipinski definition) is 4. The fourth-order valence-electron chi connectivity index (χ4n) is 2.38. The quantitative estimate of drug-likeness (QED) is 0.628. The second-order valence-electron chi connectivity index (χ2n) is 5.61. The first-order valence-electron chi connectivity index (χ1n) is 8.23. The first-order valence-corrected chi connectivity index (χ1v) is 8.61. The molecule has 0 spiro atoms. The van der Waals surface area contributed by atoms with Gasteiger partial charge in [-0.1, -0.05) is 23.7 Å². The summed E-state index contributed by atoms with van der Waals surface area (Å²) in [6, 6.07) is 10.3. The van der Waals surface area contributed by atoms with Gasteiger partial charge in [-0.15, -0.1) is 0 Å². The van der Waals surface area contributed by atoms with Crippen molar-refractivity contribution >= 4 is 11.6 Å². The first-order chi connectivity index (χ1) is 12.2. The van der Waals surface area contributed by atoms with E-state index >= 15 is 0 Å². The van der Waals surface area contributed by atoms with Crippen molar-refractivity contribution in [2.24, 2.45) is 0 Å². The lowest BCUT2D eigenvalue weighted by Crippen LogP contribution is -2.19. The molecule has 2 N–H and O–H groups in total. The highest BCUT2D eigenvalue weighted by Gasteiger charge is 2.10. The van der Waals surface area contributed by atoms with Crippen LogP contribution in [0.15, 0.2) is 36.4 Å². The maximum absolute atomic E-state index is 13.8. The minimum atomic E-state index is -0.381. The lowest BCUT2D eigenvalue weighted by molar-refractivity contribution is 0.279. The summed E-state index contributed by atoms with van der Waals surface area (Å²) >= 11 is 6.02. The number of rotatable bonds is 10. The second kappa shape index (κ2) is 10.2. The Hall–Kier alpha value is -1.82. The minimum Gasteiger partial charge on any atom is -0.493 e. The van der Waals surface area contributed by atoms with Crippen molar-refractivity contribution in [1.82, 2.24) is 10.6 Å². The number of methoxy groups -OCH3 is 1. The van der Waals surface area contributed by atoms with Crippen molar-refractivity contribution in [2.45, 2.75) is 19.6 Å². The Bertz CT molecular complexity index is 662. The van der Waals surface area contributed by atoms with E-state index in [2.05, 4.69) is 10.6 Å². The zero-order valence-electron chi connectivity index (χ0n) is 14.6. The van der Waals surface area contributed by atoms with Crippen LogP contribution in [-0.2, 0) is 13.2 Å². The molecule has 0 bridgehead atoms. The predicted molar refractivity (Wildman–Crippen MR) is 99.0 cm³/mol. The first kappa shape index (κ1) is 19.5. The molecule has 0 aliphatic rings. The number of hydrogen-bond donors (Lipinski definition) is 2. The van der Waals surface area contributed by atoms with Gasteiger partial charge in [0.15, 0.2) is 11.5 Å². The van der Waals surface area contributed by atoms with Crippen LogP contribution in [0.3, 0.4) is 0 Å². The Morgan fingerprint density at radius 2 is 1.96 bits per heavy atom. The summed E-state index contributed by atoms with van der Waals surface area (Å²) in [7, 11) is 3.53. The van der Waals surface area contributed by atoms with Gasteiger partial charge < -0.3 is 20.1 Å². The average Bonchev–Trinajstić information content (AvgIpc) is 2.61. The summed E-state index contributed by atoms with van der Waals surface area (Å²) in [5, 5.41) is 6.84. The van der Waals surface area contributed by atoms with Gasteiger partial charge in [0.25, 0.3) is 0 Å². The largest absolute Gasteiger partial charge is 0.493 e. The fourth-order valence-corrected chi connectivity index (χ4v) is 2.60. The molecule has 0 radical (unpaired) electrons. The molecule has 0 unspecified atom stereocenters. The molecular weight excluding hydrogens is 343 g/mol. The van der Waals surface area contributed by atoms with E-state index in [4.69, 9.17) is 21.1 Å². The molecule has 2 aromatic rings. The summed E-state index contributed by atoms with van der Waals surface area (Å²) in [5.41, 5.74) is 1.43. The van der Waals surface area contributed by atoms with Crippen LogP contribution in [0.5, 0.6) is 11.5 Å². The molecule has 6 heteroatoms.